The van der Waals surface area contributed by atoms with Crippen LogP contribution in [0.2, 0.25) is 0 Å². The Morgan fingerprint density at radius 2 is 0.843 bits per heavy atom. The molecule has 0 aliphatic carbocycles. The maximum Gasteiger partial charge on any atom is 1.00 e. The molecule has 0 aliphatic rings. The Morgan fingerprint density at radius 3 is 1.20 bits per heavy atom. The molecule has 568 valence electrons. The first-order valence-corrected chi connectivity index (χ1v) is 34.7. The fourth-order valence-corrected chi connectivity index (χ4v) is 9.94. The number of nitrogens with zero attached hydrogens (tertiary/aromatic N) is 7. The number of benzene rings is 6. The Labute approximate surface area is 674 Å². The van der Waals surface area contributed by atoms with Crippen molar-refractivity contribution in [1.82, 2.24) is 34.0 Å². The average Bonchev–Trinajstić information content (AvgIpc) is 1.66. The topological polar surface area (TPSA) is 328 Å². The molecule has 6 aromatic carbocycles. The molecule has 3 aromatic heterocycles. The normalized spacial score (nSPS) is 11.9. The number of carbonyl (C=O) groups excluding carboxylic acids is 8. The summed E-state index contributed by atoms with van der Waals surface area (Å²) in [5.41, 5.74) is 8.12. The van der Waals surface area contributed by atoms with Crippen LogP contribution in [0, 0.1) is 0 Å². The molecular weight excluding hydrogens is 1410 g/mol. The van der Waals surface area contributed by atoms with Crippen molar-refractivity contribution >= 4 is 59.3 Å². The molecule has 0 saturated heterocycles. The van der Waals surface area contributed by atoms with Gasteiger partial charge in [-0.2, -0.15) is 10.2 Å². The van der Waals surface area contributed by atoms with E-state index in [0.717, 1.165) is 39.1 Å². The molecule has 9 rings (SSSR count). The summed E-state index contributed by atoms with van der Waals surface area (Å²) in [7, 11) is 7.07. The standard InChI is InChI=1S/C16H21NO3.C15H18N2O2.C13H14N2O2.C13H16O3.C12H12N2O.C9H10O2.C5H8O4.K/c1-5-20-16(19)14(11-17(3)4)15(18)12(2)13-9-7-6-8-10-13;1-4-19-15(18)13-10-17(3)16-14(13)11(2)12-8-6-5-7-9-12;1-9(10-6-4-3-5-7-10)12-11(13(16)17)8-15(2)14-12;1-3-16-13(15)9-12(14)10(2)11-7-5-4-6-8-11;1-10(11-5-3-2-4-6-11)12(15)14-8-7-13-9-14;1-7(9(10)11)8-5-3-2-4-6-8;1-2-9-5(8)3-4(6)7;/h6-12H,5H2,1-4H3;5-11H,4H2,1-3H3;3-9H,1-2H3,(H,16,17);4-8,10H,3,9H2,1-2H3;2-10H,1H3;2-7H,1H3,(H,10,11);2-3H2,1H3,(H,6,7);/q;;;;;;;+1/p-1/b14-11-;;;;;;;. The van der Waals surface area contributed by atoms with Crippen molar-refractivity contribution in [2.24, 2.45) is 14.1 Å². The molecule has 24 nitrogen and oxygen atoms in total. The van der Waals surface area contributed by atoms with Crippen LogP contribution in [-0.2, 0) is 66.6 Å². The second-order valence-electron chi connectivity index (χ2n) is 24.1. The number of aromatic carboxylic acids is 1. The molecule has 0 bridgehead atoms. The Balaban J connectivity index is 0.000000432. The van der Waals surface area contributed by atoms with E-state index in [1.807, 2.05) is 210 Å². The number of imidazole rings is 1. The molecule has 0 spiro atoms. The fraction of sp³-hybridized carbons (Fsp3) is 0.313. The third-order valence-corrected chi connectivity index (χ3v) is 15.8. The maximum atomic E-state index is 12.5. The van der Waals surface area contributed by atoms with E-state index in [1.54, 1.807) is 97.8 Å². The average molecular weight is 1500 g/mol. The van der Waals surface area contributed by atoms with Crippen molar-refractivity contribution in [1.29, 1.82) is 0 Å². The third kappa shape index (κ3) is 33.1. The predicted octanol–water partition coefficient (Wildman–Crippen LogP) is 9.59. The molecule has 9 aromatic rings. The number of carboxylic acids is 3. The minimum absolute atomic E-state index is 0. The number of aromatic nitrogens is 6. The smallest absolute Gasteiger partial charge is 0.550 e. The molecule has 25 heteroatoms. The first-order chi connectivity index (χ1) is 51.0. The van der Waals surface area contributed by atoms with E-state index in [4.69, 9.17) is 24.4 Å². The van der Waals surface area contributed by atoms with E-state index in [1.165, 1.54) is 28.0 Å². The molecule has 0 saturated carbocycles. The van der Waals surface area contributed by atoms with Gasteiger partial charge in [0.25, 0.3) is 0 Å². The zero-order valence-electron chi connectivity index (χ0n) is 64.1. The second-order valence-corrected chi connectivity index (χ2v) is 24.1. The minimum atomic E-state index is -1.41. The van der Waals surface area contributed by atoms with Gasteiger partial charge in [0, 0.05) is 82.8 Å². The number of Topliss-reactive ketones (excluding diaryl/α,β-unsaturated/α-hetero) is 2. The third-order valence-electron chi connectivity index (χ3n) is 15.8. The van der Waals surface area contributed by atoms with Crippen LogP contribution in [0.5, 0.6) is 0 Å². The SMILES string of the molecule is CC(C(=O)O)c1ccccc1.CC(C(=O)n1ccnc1)c1ccccc1.CC(c1ccccc1)c1nn(C)cc1C(=O)O.CCOC(=O)/C(=C\N(C)C)C(=O)C(C)c1ccccc1.CCOC(=O)CC(=O)C(C)c1ccccc1.CCOC(=O)CC(=O)[O-].CCOC(=O)c1cn(C)nc1C(C)c1ccccc1.[K+]. The van der Waals surface area contributed by atoms with Crippen molar-refractivity contribution in [2.45, 2.75) is 118 Å². The number of rotatable bonds is 25. The van der Waals surface area contributed by atoms with Crippen LogP contribution >= 0.6 is 0 Å². The number of carboxylic acid groups (broad SMARTS) is 3. The summed E-state index contributed by atoms with van der Waals surface area (Å²) < 4.78 is 23.8. The molecule has 0 aliphatic heterocycles. The number of hydrogen-bond acceptors (Lipinski definition) is 19. The van der Waals surface area contributed by atoms with Gasteiger partial charge < -0.3 is 44.0 Å². The largest absolute Gasteiger partial charge is 1.00 e. The van der Waals surface area contributed by atoms with Gasteiger partial charge in [-0.25, -0.2) is 19.4 Å². The molecule has 0 radical (unpaired) electrons. The molecule has 3 heterocycles. The maximum absolute atomic E-state index is 12.5. The number of aryl methyl sites for hydroxylation is 2. The van der Waals surface area contributed by atoms with Gasteiger partial charge in [0.15, 0.2) is 11.6 Å². The van der Waals surface area contributed by atoms with Gasteiger partial charge in [-0.05, 0) is 74.9 Å². The Morgan fingerprint density at radius 1 is 0.481 bits per heavy atom. The molecule has 2 N–H and O–H groups in total. The monoisotopic (exact) mass is 1500 g/mol. The summed E-state index contributed by atoms with van der Waals surface area (Å²) in [4.78, 5) is 118. The van der Waals surface area contributed by atoms with Gasteiger partial charge in [-0.1, -0.05) is 210 Å². The number of esters is 4. The van der Waals surface area contributed by atoms with Gasteiger partial charge in [0.1, 0.15) is 29.4 Å². The van der Waals surface area contributed by atoms with Crippen LogP contribution in [0.1, 0.15) is 188 Å². The van der Waals surface area contributed by atoms with Gasteiger partial charge >= 0.3 is 87.2 Å². The first-order valence-electron chi connectivity index (χ1n) is 34.7. The van der Waals surface area contributed by atoms with E-state index in [9.17, 15) is 53.1 Å². The van der Waals surface area contributed by atoms with Crippen LogP contribution in [0.3, 0.4) is 0 Å². The number of hydrogen-bond donors (Lipinski definition) is 2. The molecule has 6 unspecified atom stereocenters. The Bertz CT molecular complexity index is 4230. The van der Waals surface area contributed by atoms with Gasteiger partial charge in [-0.3, -0.25) is 42.7 Å². The molecule has 108 heavy (non-hydrogen) atoms. The van der Waals surface area contributed by atoms with Crippen LogP contribution in [-0.4, -0.2) is 144 Å². The van der Waals surface area contributed by atoms with Crippen molar-refractivity contribution in [3.8, 4) is 0 Å². The van der Waals surface area contributed by atoms with Crippen molar-refractivity contribution in [3.05, 3.63) is 281 Å². The van der Waals surface area contributed by atoms with E-state index >= 15 is 0 Å². The number of carbonyl (C=O) groups is 10. The van der Waals surface area contributed by atoms with E-state index in [-0.39, 0.29) is 135 Å². The minimum Gasteiger partial charge on any atom is -0.550 e. The van der Waals surface area contributed by atoms with E-state index in [0.29, 0.717) is 24.5 Å². The van der Waals surface area contributed by atoms with Crippen LogP contribution in [0.4, 0.5) is 0 Å². The van der Waals surface area contributed by atoms with Gasteiger partial charge in [0.2, 0.25) is 5.91 Å². The van der Waals surface area contributed by atoms with Crippen LogP contribution in [0.15, 0.2) is 225 Å². The zero-order chi connectivity index (χ0) is 79.5. The van der Waals surface area contributed by atoms with Crippen LogP contribution in [0.25, 0.3) is 0 Å². The second kappa shape index (κ2) is 50.8. The molecule has 6 atom stereocenters. The number of ether oxygens (including phenoxy) is 4. The summed E-state index contributed by atoms with van der Waals surface area (Å²) in [6, 6.07) is 57.5. The Kier molecular flexibility index (Phi) is 44.0. The summed E-state index contributed by atoms with van der Waals surface area (Å²) >= 11 is 0. The summed E-state index contributed by atoms with van der Waals surface area (Å²) in [6.07, 6.45) is 8.76. The van der Waals surface area contributed by atoms with Crippen molar-refractivity contribution in [3.63, 3.8) is 0 Å². The molecule has 0 amide bonds. The molecular formula is C83H98KN7O17. The van der Waals surface area contributed by atoms with Crippen LogP contribution < -0.4 is 56.5 Å². The van der Waals surface area contributed by atoms with E-state index in [2.05, 4.69) is 19.9 Å². The van der Waals surface area contributed by atoms with Crippen molar-refractivity contribution in [2.75, 3.05) is 40.5 Å². The first kappa shape index (κ1) is 93.5. The number of ketones is 2. The Hall–Kier alpha value is -10.6. The summed E-state index contributed by atoms with van der Waals surface area (Å²) in [5.74, 6) is -6.67. The fourth-order valence-electron chi connectivity index (χ4n) is 9.94. The predicted molar refractivity (Wildman–Crippen MR) is 403 cm³/mol. The quantitative estimate of drug-likeness (QED) is 0.0134. The van der Waals surface area contributed by atoms with Crippen molar-refractivity contribution < 1.29 is 134 Å². The molecule has 0 fully saturated rings. The van der Waals surface area contributed by atoms with Gasteiger partial charge in [-0.15, -0.1) is 0 Å². The van der Waals surface area contributed by atoms with Gasteiger partial charge in [0.05, 0.1) is 62.0 Å². The zero-order valence-corrected chi connectivity index (χ0v) is 67.3. The summed E-state index contributed by atoms with van der Waals surface area (Å²) in [5, 5.41) is 36.1. The van der Waals surface area contributed by atoms with E-state index < -0.39 is 48.2 Å². The summed E-state index contributed by atoms with van der Waals surface area (Å²) in [6.45, 7) is 19.2. The number of aliphatic carboxylic acids is 2.